The zero-order chi connectivity index (χ0) is 21.3. The molecular formula is C23H25N3O3S. The maximum Gasteiger partial charge on any atom is 0.238 e. The number of ether oxygens (including phenoxy) is 1. The maximum absolute atomic E-state index is 12.7. The largest absolute Gasteiger partial charge is 0.496 e. The lowest BCUT2D eigenvalue weighted by Gasteiger charge is -2.22. The summed E-state index contributed by atoms with van der Waals surface area (Å²) in [5, 5.41) is 7.67. The number of amides is 2. The number of hydrogen-bond acceptors (Lipinski definition) is 5. The highest BCUT2D eigenvalue weighted by molar-refractivity contribution is 7.09. The van der Waals surface area contributed by atoms with Crippen molar-refractivity contribution in [1.82, 2.24) is 4.90 Å². The number of benzene rings is 2. The predicted molar refractivity (Wildman–Crippen MR) is 121 cm³/mol. The van der Waals surface area contributed by atoms with Gasteiger partial charge in [0.15, 0.2) is 0 Å². The quantitative estimate of drug-likeness (QED) is 0.537. The number of hydrogen-bond donors (Lipinski definition) is 2. The van der Waals surface area contributed by atoms with Crippen LogP contribution in [0.5, 0.6) is 5.75 Å². The van der Waals surface area contributed by atoms with Gasteiger partial charge in [0.2, 0.25) is 11.8 Å². The van der Waals surface area contributed by atoms with E-state index in [1.165, 1.54) is 11.8 Å². The van der Waals surface area contributed by atoms with E-state index in [4.69, 9.17) is 4.74 Å². The monoisotopic (exact) mass is 423 g/mol. The zero-order valence-corrected chi connectivity index (χ0v) is 17.9. The van der Waals surface area contributed by atoms with Gasteiger partial charge < -0.3 is 15.4 Å². The van der Waals surface area contributed by atoms with Crippen molar-refractivity contribution in [2.75, 3.05) is 24.3 Å². The summed E-state index contributed by atoms with van der Waals surface area (Å²) < 4.78 is 5.47. The van der Waals surface area contributed by atoms with Crippen LogP contribution >= 0.6 is 11.3 Å². The first-order valence-electron chi connectivity index (χ1n) is 9.57. The number of carbonyl (C=O) groups is 2. The van der Waals surface area contributed by atoms with Crippen LogP contribution in [0.3, 0.4) is 0 Å². The van der Waals surface area contributed by atoms with Gasteiger partial charge in [-0.05, 0) is 41.8 Å². The molecule has 30 heavy (non-hydrogen) atoms. The average Bonchev–Trinajstić information content (AvgIpc) is 3.22. The minimum absolute atomic E-state index is 0.103. The molecule has 0 aliphatic heterocycles. The lowest BCUT2D eigenvalue weighted by molar-refractivity contribution is -0.117. The van der Waals surface area contributed by atoms with Crippen molar-refractivity contribution in [2.24, 2.45) is 0 Å². The molecule has 0 aliphatic carbocycles. The van der Waals surface area contributed by atoms with Gasteiger partial charge in [0.25, 0.3) is 0 Å². The molecule has 0 unspecified atom stereocenters. The summed E-state index contributed by atoms with van der Waals surface area (Å²) in [5.74, 6) is 0.573. The van der Waals surface area contributed by atoms with Crippen molar-refractivity contribution >= 4 is 34.5 Å². The molecule has 3 aromatic rings. The second-order valence-electron chi connectivity index (χ2n) is 6.84. The number of rotatable bonds is 9. The Morgan fingerprint density at radius 2 is 1.63 bits per heavy atom. The Kier molecular flexibility index (Phi) is 7.59. The van der Waals surface area contributed by atoms with E-state index in [0.29, 0.717) is 24.5 Å². The first-order valence-corrected chi connectivity index (χ1v) is 10.5. The van der Waals surface area contributed by atoms with E-state index in [1.807, 2.05) is 35.7 Å². The molecule has 0 atom stereocenters. The number of nitrogens with one attached hydrogen (secondary N) is 2. The summed E-state index contributed by atoms with van der Waals surface area (Å²) in [5.41, 5.74) is 2.41. The number of nitrogens with zero attached hydrogens (tertiary/aromatic N) is 1. The van der Waals surface area contributed by atoms with E-state index >= 15 is 0 Å². The number of para-hydroxylation sites is 1. The standard InChI is InChI=1S/C23H25N3O3S/c1-17(27)24-19-9-11-20(12-10-19)25-23(28)16-26(15-21-7-5-13-30-21)14-18-6-3-4-8-22(18)29-2/h3-13H,14-16H2,1-2H3,(H,24,27)(H,25,28). The third-order valence-corrected chi connectivity index (χ3v) is 5.26. The SMILES string of the molecule is COc1ccccc1CN(CC(=O)Nc1ccc(NC(C)=O)cc1)Cc1cccs1. The minimum Gasteiger partial charge on any atom is -0.496 e. The third kappa shape index (κ3) is 6.43. The Labute approximate surface area is 180 Å². The first kappa shape index (κ1) is 21.5. The molecule has 3 rings (SSSR count). The second-order valence-corrected chi connectivity index (χ2v) is 7.88. The normalized spacial score (nSPS) is 10.6. The van der Waals surface area contributed by atoms with Crippen LogP contribution in [0, 0.1) is 0 Å². The van der Waals surface area contributed by atoms with Crippen molar-refractivity contribution in [1.29, 1.82) is 0 Å². The molecule has 156 valence electrons. The Morgan fingerprint density at radius 3 is 2.27 bits per heavy atom. The highest BCUT2D eigenvalue weighted by Gasteiger charge is 2.15. The van der Waals surface area contributed by atoms with Crippen LogP contribution in [0.2, 0.25) is 0 Å². The molecule has 1 aromatic heterocycles. The van der Waals surface area contributed by atoms with Crippen LogP contribution in [0.1, 0.15) is 17.4 Å². The molecule has 2 amide bonds. The molecule has 0 saturated carbocycles. The van der Waals surface area contributed by atoms with Gasteiger partial charge in [-0.25, -0.2) is 0 Å². The van der Waals surface area contributed by atoms with Crippen molar-refractivity contribution in [2.45, 2.75) is 20.0 Å². The minimum atomic E-state index is -0.132. The van der Waals surface area contributed by atoms with Gasteiger partial charge in [0.1, 0.15) is 5.75 Å². The molecule has 2 aromatic carbocycles. The predicted octanol–water partition coefficient (Wildman–Crippen LogP) is 4.36. The van der Waals surface area contributed by atoms with Crippen LogP contribution in [-0.4, -0.2) is 30.4 Å². The van der Waals surface area contributed by atoms with Crippen LogP contribution in [0.25, 0.3) is 0 Å². The van der Waals surface area contributed by atoms with Gasteiger partial charge in [0, 0.05) is 41.8 Å². The lowest BCUT2D eigenvalue weighted by Crippen LogP contribution is -2.32. The highest BCUT2D eigenvalue weighted by atomic mass is 32.1. The molecule has 6 nitrogen and oxygen atoms in total. The van der Waals surface area contributed by atoms with Crippen molar-refractivity contribution < 1.29 is 14.3 Å². The molecule has 0 aliphatic rings. The fourth-order valence-electron chi connectivity index (χ4n) is 3.11. The summed E-state index contributed by atoms with van der Waals surface area (Å²) in [4.78, 5) is 27.1. The number of carbonyl (C=O) groups excluding carboxylic acids is 2. The smallest absolute Gasteiger partial charge is 0.238 e. The lowest BCUT2D eigenvalue weighted by atomic mass is 10.2. The van der Waals surface area contributed by atoms with Crippen molar-refractivity contribution in [3.63, 3.8) is 0 Å². The Bertz CT molecular complexity index is 972. The van der Waals surface area contributed by atoms with Crippen molar-refractivity contribution in [3.8, 4) is 5.75 Å². The first-order chi connectivity index (χ1) is 14.5. The molecule has 0 bridgehead atoms. The van der Waals surface area contributed by atoms with Crippen LogP contribution in [-0.2, 0) is 22.7 Å². The van der Waals surface area contributed by atoms with E-state index in [-0.39, 0.29) is 18.4 Å². The summed E-state index contributed by atoms with van der Waals surface area (Å²) in [7, 11) is 1.65. The fraction of sp³-hybridized carbons (Fsp3) is 0.217. The van der Waals surface area contributed by atoms with E-state index in [9.17, 15) is 9.59 Å². The van der Waals surface area contributed by atoms with Gasteiger partial charge in [-0.2, -0.15) is 0 Å². The van der Waals surface area contributed by atoms with Crippen molar-refractivity contribution in [3.05, 3.63) is 76.5 Å². The molecule has 2 N–H and O–H groups in total. The van der Waals surface area contributed by atoms with Crippen LogP contribution in [0.4, 0.5) is 11.4 Å². The molecule has 0 radical (unpaired) electrons. The topological polar surface area (TPSA) is 70.7 Å². The van der Waals surface area contributed by atoms with E-state index in [2.05, 4.69) is 21.6 Å². The third-order valence-electron chi connectivity index (χ3n) is 4.40. The van der Waals surface area contributed by atoms with Gasteiger partial charge in [0.05, 0.1) is 13.7 Å². The van der Waals surface area contributed by atoms with Gasteiger partial charge in [-0.1, -0.05) is 24.3 Å². The number of thiophene rings is 1. The van der Waals surface area contributed by atoms with Crippen LogP contribution in [0.15, 0.2) is 66.0 Å². The maximum atomic E-state index is 12.7. The number of methoxy groups -OCH3 is 1. The van der Waals surface area contributed by atoms with E-state index in [1.54, 1.807) is 42.7 Å². The van der Waals surface area contributed by atoms with E-state index in [0.717, 1.165) is 11.3 Å². The summed E-state index contributed by atoms with van der Waals surface area (Å²) in [6.45, 7) is 2.96. The molecule has 7 heteroatoms. The summed E-state index contributed by atoms with van der Waals surface area (Å²) in [6.07, 6.45) is 0. The van der Waals surface area contributed by atoms with Gasteiger partial charge in [-0.3, -0.25) is 14.5 Å². The van der Waals surface area contributed by atoms with Gasteiger partial charge in [-0.15, -0.1) is 11.3 Å². The molecular weight excluding hydrogens is 398 g/mol. The molecule has 0 saturated heterocycles. The second kappa shape index (κ2) is 10.6. The number of anilines is 2. The molecule has 0 fully saturated rings. The summed E-state index contributed by atoms with van der Waals surface area (Å²) in [6, 6.07) is 19.0. The Morgan fingerprint density at radius 1 is 0.933 bits per heavy atom. The fourth-order valence-corrected chi connectivity index (χ4v) is 3.86. The summed E-state index contributed by atoms with van der Waals surface area (Å²) >= 11 is 1.67. The highest BCUT2D eigenvalue weighted by Crippen LogP contribution is 2.21. The zero-order valence-electron chi connectivity index (χ0n) is 17.1. The average molecular weight is 424 g/mol. The van der Waals surface area contributed by atoms with Gasteiger partial charge >= 0.3 is 0 Å². The Balaban J connectivity index is 1.67. The van der Waals surface area contributed by atoms with E-state index < -0.39 is 0 Å². The molecule has 1 heterocycles. The Hall–Kier alpha value is -3.16. The van der Waals surface area contributed by atoms with Crippen LogP contribution < -0.4 is 15.4 Å². The molecule has 0 spiro atoms.